The second-order valence-corrected chi connectivity index (χ2v) is 5.09. The number of anilines is 1. The van der Waals surface area contributed by atoms with E-state index in [-0.39, 0.29) is 11.2 Å². The van der Waals surface area contributed by atoms with Gasteiger partial charge in [0.25, 0.3) is 0 Å². The third kappa shape index (κ3) is 3.47. The van der Waals surface area contributed by atoms with Crippen molar-refractivity contribution in [3.05, 3.63) is 24.3 Å². The Labute approximate surface area is 99.2 Å². The van der Waals surface area contributed by atoms with Crippen LogP contribution in [0.3, 0.4) is 0 Å². The highest BCUT2D eigenvalue weighted by Gasteiger charge is 2.12. The predicted octanol–water partition coefficient (Wildman–Crippen LogP) is 3.10. The van der Waals surface area contributed by atoms with Crippen LogP contribution in [0.5, 0.6) is 0 Å². The summed E-state index contributed by atoms with van der Waals surface area (Å²) >= 11 is 3.18. The van der Waals surface area contributed by atoms with Gasteiger partial charge in [-0.05, 0) is 31.6 Å². The van der Waals surface area contributed by atoms with E-state index in [1.54, 1.807) is 23.5 Å². The maximum absolute atomic E-state index is 11.7. The number of carbonyl (C=O) groups is 1. The van der Waals surface area contributed by atoms with E-state index in [0.29, 0.717) is 0 Å². The zero-order valence-electron chi connectivity index (χ0n) is 9.11. The summed E-state index contributed by atoms with van der Waals surface area (Å²) in [5.41, 5.74) is 0.899. The van der Waals surface area contributed by atoms with Gasteiger partial charge < -0.3 is 5.32 Å². The Hall–Kier alpha value is -0.610. The van der Waals surface area contributed by atoms with Crippen molar-refractivity contribution in [3.63, 3.8) is 0 Å². The summed E-state index contributed by atoms with van der Waals surface area (Å²) in [5.74, 6) is 0.0593. The first-order valence-corrected chi connectivity index (χ1v) is 7.17. The first-order chi connectivity index (χ1) is 7.19. The zero-order valence-corrected chi connectivity index (χ0v) is 10.7. The van der Waals surface area contributed by atoms with Crippen LogP contribution in [-0.2, 0) is 4.79 Å². The van der Waals surface area contributed by atoms with Gasteiger partial charge in [0.05, 0.1) is 10.9 Å². The molecule has 2 nitrogen and oxygen atoms in total. The van der Waals surface area contributed by atoms with Crippen molar-refractivity contribution in [1.82, 2.24) is 0 Å². The quantitative estimate of drug-likeness (QED) is 0.821. The number of hydrogen-bond acceptors (Lipinski definition) is 3. The summed E-state index contributed by atoms with van der Waals surface area (Å²) < 4.78 is 0. The van der Waals surface area contributed by atoms with Crippen molar-refractivity contribution in [2.45, 2.75) is 17.1 Å². The van der Waals surface area contributed by atoms with E-state index in [4.69, 9.17) is 0 Å². The Morgan fingerprint density at radius 3 is 2.60 bits per heavy atom. The zero-order chi connectivity index (χ0) is 11.3. The molecule has 0 saturated carbocycles. The standard InChI is InChI=1S/C11H15NOS2/c1-8(14-2)11(13)12-9-6-4-5-7-10(9)15-3/h4-8H,1-3H3,(H,12,13). The number of amides is 1. The summed E-state index contributed by atoms with van der Waals surface area (Å²) in [6.45, 7) is 1.90. The third-order valence-electron chi connectivity index (χ3n) is 2.09. The van der Waals surface area contributed by atoms with Gasteiger partial charge in [-0.2, -0.15) is 11.8 Å². The minimum Gasteiger partial charge on any atom is -0.324 e. The first-order valence-electron chi connectivity index (χ1n) is 4.65. The lowest BCUT2D eigenvalue weighted by Crippen LogP contribution is -2.22. The number of benzene rings is 1. The average molecular weight is 241 g/mol. The lowest BCUT2D eigenvalue weighted by atomic mass is 10.3. The second-order valence-electron chi connectivity index (χ2n) is 3.07. The van der Waals surface area contributed by atoms with Gasteiger partial charge in [0, 0.05) is 4.90 Å². The number of thioether (sulfide) groups is 2. The molecule has 1 unspecified atom stereocenters. The molecule has 1 amide bonds. The molecule has 1 rings (SSSR count). The van der Waals surface area contributed by atoms with E-state index in [1.165, 1.54) is 0 Å². The van der Waals surface area contributed by atoms with Gasteiger partial charge in [-0.3, -0.25) is 4.79 Å². The van der Waals surface area contributed by atoms with Crippen LogP contribution in [0.1, 0.15) is 6.92 Å². The van der Waals surface area contributed by atoms with E-state index >= 15 is 0 Å². The molecule has 0 saturated heterocycles. The highest BCUT2D eigenvalue weighted by molar-refractivity contribution is 8.00. The lowest BCUT2D eigenvalue weighted by Gasteiger charge is -2.12. The third-order valence-corrected chi connectivity index (χ3v) is 3.80. The molecule has 0 heterocycles. The van der Waals surface area contributed by atoms with Crippen molar-refractivity contribution < 1.29 is 4.79 Å². The van der Waals surface area contributed by atoms with Gasteiger partial charge in [0.2, 0.25) is 5.91 Å². The summed E-state index contributed by atoms with van der Waals surface area (Å²) in [4.78, 5) is 12.8. The van der Waals surface area contributed by atoms with Crippen LogP contribution in [0, 0.1) is 0 Å². The molecule has 0 bridgehead atoms. The van der Waals surface area contributed by atoms with Crippen molar-refractivity contribution in [1.29, 1.82) is 0 Å². The lowest BCUT2D eigenvalue weighted by molar-refractivity contribution is -0.115. The molecule has 0 aromatic heterocycles. The Kier molecular flexibility index (Phi) is 5.05. The molecule has 0 aliphatic carbocycles. The number of nitrogens with one attached hydrogen (secondary N) is 1. The van der Waals surface area contributed by atoms with Crippen molar-refractivity contribution in [3.8, 4) is 0 Å². The molecule has 1 N–H and O–H groups in total. The highest BCUT2D eigenvalue weighted by Crippen LogP contribution is 2.25. The Bertz CT molecular complexity index is 341. The first kappa shape index (κ1) is 12.5. The monoisotopic (exact) mass is 241 g/mol. The Morgan fingerprint density at radius 1 is 1.33 bits per heavy atom. The highest BCUT2D eigenvalue weighted by atomic mass is 32.2. The molecule has 82 valence electrons. The fourth-order valence-corrected chi connectivity index (χ4v) is 1.92. The van der Waals surface area contributed by atoms with Crippen LogP contribution in [0.4, 0.5) is 5.69 Å². The summed E-state index contributed by atoms with van der Waals surface area (Å²) in [6, 6.07) is 7.83. The topological polar surface area (TPSA) is 29.1 Å². The van der Waals surface area contributed by atoms with E-state index in [2.05, 4.69) is 5.32 Å². The summed E-state index contributed by atoms with van der Waals surface area (Å²) in [5, 5.41) is 2.92. The fraction of sp³-hybridized carbons (Fsp3) is 0.364. The summed E-state index contributed by atoms with van der Waals surface area (Å²) in [7, 11) is 0. The summed E-state index contributed by atoms with van der Waals surface area (Å²) in [6.07, 6.45) is 3.94. The molecule has 0 aliphatic rings. The van der Waals surface area contributed by atoms with Gasteiger partial charge in [-0.25, -0.2) is 0 Å². The SMILES string of the molecule is CSc1ccccc1NC(=O)C(C)SC. The normalized spacial score (nSPS) is 12.2. The molecule has 0 spiro atoms. The number of hydrogen-bond donors (Lipinski definition) is 1. The molecule has 1 atom stereocenters. The van der Waals surface area contributed by atoms with Crippen LogP contribution < -0.4 is 5.32 Å². The van der Waals surface area contributed by atoms with Gasteiger partial charge in [0.15, 0.2) is 0 Å². The molecule has 0 aliphatic heterocycles. The maximum Gasteiger partial charge on any atom is 0.237 e. The van der Waals surface area contributed by atoms with Crippen LogP contribution in [0.15, 0.2) is 29.2 Å². The minimum atomic E-state index is -0.0140. The van der Waals surface area contributed by atoms with Gasteiger partial charge in [-0.15, -0.1) is 11.8 Å². The van der Waals surface area contributed by atoms with Crippen LogP contribution in [0.25, 0.3) is 0 Å². The molecular weight excluding hydrogens is 226 g/mol. The van der Waals surface area contributed by atoms with Crippen molar-refractivity contribution >= 4 is 35.1 Å². The van der Waals surface area contributed by atoms with E-state index in [1.807, 2.05) is 43.7 Å². The van der Waals surface area contributed by atoms with Gasteiger partial charge >= 0.3 is 0 Å². The Balaban J connectivity index is 2.76. The van der Waals surface area contributed by atoms with E-state index in [9.17, 15) is 4.79 Å². The molecule has 0 radical (unpaired) electrons. The van der Waals surface area contributed by atoms with Crippen LogP contribution in [0.2, 0.25) is 0 Å². The fourth-order valence-electron chi connectivity index (χ4n) is 1.09. The smallest absolute Gasteiger partial charge is 0.237 e. The molecule has 4 heteroatoms. The van der Waals surface area contributed by atoms with E-state index in [0.717, 1.165) is 10.6 Å². The van der Waals surface area contributed by atoms with E-state index < -0.39 is 0 Å². The second kappa shape index (κ2) is 6.08. The number of rotatable bonds is 4. The molecule has 1 aromatic rings. The Morgan fingerprint density at radius 2 is 2.00 bits per heavy atom. The molecule has 0 fully saturated rings. The van der Waals surface area contributed by atoms with Crippen LogP contribution in [-0.4, -0.2) is 23.7 Å². The van der Waals surface area contributed by atoms with Gasteiger partial charge in [-0.1, -0.05) is 12.1 Å². The van der Waals surface area contributed by atoms with Crippen molar-refractivity contribution in [2.75, 3.05) is 17.8 Å². The maximum atomic E-state index is 11.7. The molecular formula is C11H15NOS2. The minimum absolute atomic E-state index is 0.0140. The molecule has 15 heavy (non-hydrogen) atoms. The van der Waals surface area contributed by atoms with Crippen molar-refractivity contribution in [2.24, 2.45) is 0 Å². The average Bonchev–Trinajstić information content (AvgIpc) is 2.28. The predicted molar refractivity (Wildman–Crippen MR) is 69.8 cm³/mol. The number of para-hydroxylation sites is 1. The van der Waals surface area contributed by atoms with Crippen LogP contribution >= 0.6 is 23.5 Å². The number of carbonyl (C=O) groups excluding carboxylic acids is 1. The molecule has 1 aromatic carbocycles. The van der Waals surface area contributed by atoms with Gasteiger partial charge in [0.1, 0.15) is 0 Å². The largest absolute Gasteiger partial charge is 0.324 e.